The van der Waals surface area contributed by atoms with E-state index in [0.717, 1.165) is 34.4 Å². The number of amides is 2. The number of nitrogens with zero attached hydrogens (tertiary/aromatic N) is 4. The van der Waals surface area contributed by atoms with E-state index in [2.05, 4.69) is 16.4 Å². The van der Waals surface area contributed by atoms with Gasteiger partial charge in [0.15, 0.2) is 0 Å². The number of benzene rings is 1. The van der Waals surface area contributed by atoms with E-state index in [4.69, 9.17) is 5.26 Å². The van der Waals surface area contributed by atoms with E-state index in [-0.39, 0.29) is 0 Å². The molecule has 30 heavy (non-hydrogen) atoms. The van der Waals surface area contributed by atoms with Gasteiger partial charge >= 0.3 is 6.09 Å². The lowest BCUT2D eigenvalue weighted by Gasteiger charge is -2.32. The van der Waals surface area contributed by atoms with E-state index >= 15 is 0 Å². The van der Waals surface area contributed by atoms with Gasteiger partial charge in [-0.3, -0.25) is 9.69 Å². The molecule has 1 aromatic carbocycles. The van der Waals surface area contributed by atoms with Crippen LogP contribution in [0.3, 0.4) is 0 Å². The number of aromatic nitrogens is 1. The minimum atomic E-state index is -1.11. The molecule has 1 saturated heterocycles. The zero-order chi connectivity index (χ0) is 21.5. The predicted molar refractivity (Wildman–Crippen MR) is 108 cm³/mol. The van der Waals surface area contributed by atoms with Crippen LogP contribution in [0.25, 0.3) is 11.1 Å². The van der Waals surface area contributed by atoms with Crippen molar-refractivity contribution in [2.24, 2.45) is 0 Å². The second-order valence-corrected chi connectivity index (χ2v) is 7.12. The van der Waals surface area contributed by atoms with Crippen molar-refractivity contribution < 1.29 is 14.7 Å². The van der Waals surface area contributed by atoms with Crippen LogP contribution in [0.2, 0.25) is 0 Å². The summed E-state index contributed by atoms with van der Waals surface area (Å²) in [4.78, 5) is 29.1. The molecule has 0 bridgehead atoms. The smallest absolute Gasteiger partial charge is 0.407 e. The Hall–Kier alpha value is -3.91. The maximum absolute atomic E-state index is 12.6. The van der Waals surface area contributed by atoms with Crippen LogP contribution in [0.5, 0.6) is 0 Å². The van der Waals surface area contributed by atoms with Crippen molar-refractivity contribution in [1.29, 1.82) is 10.5 Å². The fraction of sp³-hybridized carbons (Fsp3) is 0.318. The summed E-state index contributed by atoms with van der Waals surface area (Å²) in [5, 5.41) is 30.3. The predicted octanol–water partition coefficient (Wildman–Crippen LogP) is 2.70. The Balaban J connectivity index is 1.64. The standard InChI is InChI=1S/C22H21N5O3/c23-12-18-9-8-17(14-25-18)16-6-4-15(5-7-16)11-19(13-24)26-21(28)20-3-1-2-10-27(20)22(29)30/h4-9,14,19-20H,1-3,10-11H2,(H,26,28)(H,29,30)/t19-,20?/m0/s1. The fourth-order valence-electron chi connectivity index (χ4n) is 3.53. The lowest BCUT2D eigenvalue weighted by molar-refractivity contribution is -0.127. The number of pyridine rings is 1. The van der Waals surface area contributed by atoms with E-state index in [1.165, 1.54) is 0 Å². The van der Waals surface area contributed by atoms with Crippen LogP contribution in [0.1, 0.15) is 30.5 Å². The number of carbonyl (C=O) groups excluding carboxylic acids is 1. The highest BCUT2D eigenvalue weighted by atomic mass is 16.4. The van der Waals surface area contributed by atoms with E-state index in [1.807, 2.05) is 36.4 Å². The second kappa shape index (κ2) is 9.53. The monoisotopic (exact) mass is 403 g/mol. The van der Waals surface area contributed by atoms with Gasteiger partial charge in [0.05, 0.1) is 6.07 Å². The van der Waals surface area contributed by atoms with Crippen molar-refractivity contribution in [2.75, 3.05) is 6.54 Å². The Morgan fingerprint density at radius 3 is 2.50 bits per heavy atom. The number of hydrogen-bond acceptors (Lipinski definition) is 5. The van der Waals surface area contributed by atoms with Crippen LogP contribution in [-0.2, 0) is 11.2 Å². The van der Waals surface area contributed by atoms with Gasteiger partial charge < -0.3 is 10.4 Å². The Morgan fingerprint density at radius 2 is 1.90 bits per heavy atom. The van der Waals surface area contributed by atoms with Gasteiger partial charge in [-0.2, -0.15) is 10.5 Å². The summed E-state index contributed by atoms with van der Waals surface area (Å²) >= 11 is 0. The van der Waals surface area contributed by atoms with Crippen LogP contribution < -0.4 is 5.32 Å². The molecule has 0 radical (unpaired) electrons. The largest absolute Gasteiger partial charge is 0.465 e. The minimum Gasteiger partial charge on any atom is -0.465 e. The number of hydrogen-bond donors (Lipinski definition) is 2. The normalized spacial score (nSPS) is 16.7. The Labute approximate surface area is 174 Å². The van der Waals surface area contributed by atoms with Crippen LogP contribution in [0.15, 0.2) is 42.6 Å². The van der Waals surface area contributed by atoms with Crippen molar-refractivity contribution in [1.82, 2.24) is 15.2 Å². The van der Waals surface area contributed by atoms with Crippen molar-refractivity contribution in [2.45, 2.75) is 37.8 Å². The van der Waals surface area contributed by atoms with Crippen LogP contribution in [-0.4, -0.2) is 45.6 Å². The van der Waals surface area contributed by atoms with Crippen LogP contribution in [0, 0.1) is 22.7 Å². The summed E-state index contributed by atoms with van der Waals surface area (Å²) in [7, 11) is 0. The van der Waals surface area contributed by atoms with Crippen molar-refractivity contribution in [3.05, 3.63) is 53.9 Å². The first-order chi connectivity index (χ1) is 14.5. The second-order valence-electron chi connectivity index (χ2n) is 7.12. The number of carbonyl (C=O) groups is 2. The molecule has 1 unspecified atom stereocenters. The quantitative estimate of drug-likeness (QED) is 0.789. The number of likely N-dealkylation sites (tertiary alicyclic amines) is 1. The number of nitriles is 2. The number of piperidine rings is 1. The average Bonchev–Trinajstić information content (AvgIpc) is 2.79. The molecule has 3 rings (SSSR count). The molecule has 1 fully saturated rings. The lowest BCUT2D eigenvalue weighted by Crippen LogP contribution is -2.53. The first kappa shape index (κ1) is 20.8. The third-order valence-corrected chi connectivity index (χ3v) is 5.13. The molecule has 0 spiro atoms. The maximum atomic E-state index is 12.6. The third-order valence-electron chi connectivity index (χ3n) is 5.13. The van der Waals surface area contributed by atoms with Gasteiger partial charge in [0.2, 0.25) is 5.91 Å². The molecule has 2 aromatic rings. The fourth-order valence-corrected chi connectivity index (χ4v) is 3.53. The molecule has 8 heteroatoms. The molecular formula is C22H21N5O3. The highest BCUT2D eigenvalue weighted by Gasteiger charge is 2.32. The van der Waals surface area contributed by atoms with Gasteiger partial charge in [0, 0.05) is 24.7 Å². The van der Waals surface area contributed by atoms with Crippen molar-refractivity contribution in [3.8, 4) is 23.3 Å². The third kappa shape index (κ3) is 4.92. The minimum absolute atomic E-state index is 0.313. The number of rotatable bonds is 5. The van der Waals surface area contributed by atoms with E-state index < -0.39 is 24.1 Å². The van der Waals surface area contributed by atoms with Gasteiger partial charge in [-0.1, -0.05) is 24.3 Å². The Kier molecular flexibility index (Phi) is 6.61. The molecule has 2 N–H and O–H groups in total. The van der Waals surface area contributed by atoms with Gasteiger partial charge in [-0.15, -0.1) is 0 Å². The Bertz CT molecular complexity index is 989. The number of carboxylic acid groups (broad SMARTS) is 1. The van der Waals surface area contributed by atoms with Crippen LogP contribution in [0.4, 0.5) is 4.79 Å². The van der Waals surface area contributed by atoms with E-state index in [9.17, 15) is 20.0 Å². The van der Waals surface area contributed by atoms with E-state index in [0.29, 0.717) is 25.1 Å². The molecule has 1 aromatic heterocycles. The summed E-state index contributed by atoms with van der Waals surface area (Å²) in [6.07, 6.45) is 2.81. The van der Waals surface area contributed by atoms with E-state index in [1.54, 1.807) is 12.3 Å². The topological polar surface area (TPSA) is 130 Å². The molecule has 1 aliphatic heterocycles. The Morgan fingerprint density at radius 1 is 1.17 bits per heavy atom. The summed E-state index contributed by atoms with van der Waals surface area (Å²) < 4.78 is 0. The summed E-state index contributed by atoms with van der Waals surface area (Å²) in [6, 6.07) is 13.5. The highest BCUT2D eigenvalue weighted by molar-refractivity contribution is 5.86. The maximum Gasteiger partial charge on any atom is 0.407 e. The molecule has 8 nitrogen and oxygen atoms in total. The van der Waals surface area contributed by atoms with Gasteiger partial charge in [-0.25, -0.2) is 9.78 Å². The molecule has 1 aliphatic rings. The zero-order valence-electron chi connectivity index (χ0n) is 16.3. The first-order valence-corrected chi connectivity index (χ1v) is 9.67. The lowest BCUT2D eigenvalue weighted by atomic mass is 10.00. The average molecular weight is 403 g/mol. The van der Waals surface area contributed by atoms with Crippen molar-refractivity contribution in [3.63, 3.8) is 0 Å². The van der Waals surface area contributed by atoms with Gasteiger partial charge in [-0.05, 0) is 42.5 Å². The molecule has 0 aliphatic carbocycles. The highest BCUT2D eigenvalue weighted by Crippen LogP contribution is 2.20. The van der Waals surface area contributed by atoms with Gasteiger partial charge in [0.1, 0.15) is 23.8 Å². The van der Waals surface area contributed by atoms with Crippen LogP contribution >= 0.6 is 0 Å². The molecule has 2 amide bonds. The van der Waals surface area contributed by atoms with Crippen molar-refractivity contribution >= 4 is 12.0 Å². The summed E-state index contributed by atoms with van der Waals surface area (Å²) in [6.45, 7) is 0.330. The first-order valence-electron chi connectivity index (χ1n) is 9.67. The molecule has 2 heterocycles. The number of nitrogens with one attached hydrogen (secondary N) is 1. The molecule has 0 saturated carbocycles. The molecule has 152 valence electrons. The zero-order valence-corrected chi connectivity index (χ0v) is 16.3. The molecule has 2 atom stereocenters. The van der Waals surface area contributed by atoms with Gasteiger partial charge in [0.25, 0.3) is 0 Å². The summed E-state index contributed by atoms with van der Waals surface area (Å²) in [5.41, 5.74) is 3.01. The molecular weight excluding hydrogens is 382 g/mol. The summed E-state index contributed by atoms with van der Waals surface area (Å²) in [5.74, 6) is -0.427. The SMILES string of the molecule is N#Cc1ccc(-c2ccc(C[C@@H](C#N)NC(=O)C3CCCCN3C(=O)O)cc2)cn1.